The summed E-state index contributed by atoms with van der Waals surface area (Å²) in [6.45, 7) is 8.75. The lowest BCUT2D eigenvalue weighted by molar-refractivity contribution is -0.153. The monoisotopic (exact) mass is 413 g/mol. The van der Waals surface area contributed by atoms with Crippen LogP contribution in [0.1, 0.15) is 33.3 Å². The fraction of sp³-hybridized carbons (Fsp3) is 0.556. The molecule has 7 heteroatoms. The molecule has 0 aromatic heterocycles. The molecule has 1 aromatic carbocycles. The van der Waals surface area contributed by atoms with Gasteiger partial charge in [0.15, 0.2) is 6.10 Å². The quantitative estimate of drug-likeness (QED) is 0.609. The van der Waals surface area contributed by atoms with Crippen LogP contribution in [-0.2, 0) is 19.1 Å². The Bertz CT molecular complexity index is 632. The van der Waals surface area contributed by atoms with Crippen molar-refractivity contribution in [3.05, 3.63) is 28.2 Å². The third kappa shape index (κ3) is 4.95. The Morgan fingerprint density at radius 1 is 1.36 bits per heavy atom. The molecule has 138 valence electrons. The molecule has 0 amide bonds. The van der Waals surface area contributed by atoms with Gasteiger partial charge in [0.05, 0.1) is 6.61 Å². The molecule has 2 rings (SSSR count). The van der Waals surface area contributed by atoms with Crippen molar-refractivity contribution in [1.82, 2.24) is 0 Å². The Hall–Kier alpha value is -1.60. The first kappa shape index (κ1) is 19.7. The van der Waals surface area contributed by atoms with E-state index in [9.17, 15) is 4.79 Å². The molecule has 0 N–H and O–H groups in total. The molecule has 0 saturated heterocycles. The Labute approximate surface area is 156 Å². The second kappa shape index (κ2) is 9.20. The Balaban J connectivity index is 2.33. The molecule has 1 aliphatic heterocycles. The van der Waals surface area contributed by atoms with Crippen molar-refractivity contribution in [3.8, 4) is 5.75 Å². The molecule has 0 radical (unpaired) electrons. The van der Waals surface area contributed by atoms with E-state index in [0.717, 1.165) is 10.0 Å². The molecular weight excluding hydrogens is 390 g/mol. The van der Waals surface area contributed by atoms with Crippen molar-refractivity contribution in [3.63, 3.8) is 0 Å². The molecule has 2 atom stereocenters. The van der Waals surface area contributed by atoms with Gasteiger partial charge in [0.2, 0.25) is 0 Å². The van der Waals surface area contributed by atoms with Gasteiger partial charge in [0.1, 0.15) is 24.2 Å². The lowest BCUT2D eigenvalue weighted by Crippen LogP contribution is -2.35. The van der Waals surface area contributed by atoms with Crippen LogP contribution in [0.5, 0.6) is 5.75 Å². The van der Waals surface area contributed by atoms with Crippen LogP contribution < -0.4 is 4.74 Å². The van der Waals surface area contributed by atoms with Gasteiger partial charge >= 0.3 is 5.97 Å². The molecule has 25 heavy (non-hydrogen) atoms. The van der Waals surface area contributed by atoms with Crippen LogP contribution in [0.3, 0.4) is 0 Å². The van der Waals surface area contributed by atoms with Crippen LogP contribution in [0, 0.1) is 5.92 Å². The number of hydrogen-bond acceptors (Lipinski definition) is 6. The number of hydrogen-bond donors (Lipinski definition) is 0. The Kier molecular flexibility index (Phi) is 7.25. The van der Waals surface area contributed by atoms with Gasteiger partial charge in [-0.15, -0.1) is 0 Å². The van der Waals surface area contributed by atoms with E-state index in [1.54, 1.807) is 13.0 Å². The molecule has 1 aromatic rings. The summed E-state index contributed by atoms with van der Waals surface area (Å²) in [4.78, 5) is 17.4. The molecule has 0 bridgehead atoms. The number of esters is 1. The maximum Gasteiger partial charge on any atom is 0.347 e. The number of oxime groups is 1. The average molecular weight is 414 g/mol. The van der Waals surface area contributed by atoms with Crippen molar-refractivity contribution in [2.75, 3.05) is 19.8 Å². The fourth-order valence-electron chi connectivity index (χ4n) is 2.49. The standard InChI is InChI=1S/C18H24BrNO5/c1-5-22-15-10-24-20-16(15)13-9-12(19)7-8-14(13)25-17(11(3)4)18(21)23-6-2/h7-9,11,15,17H,5-6,10H2,1-4H3/t15?,17-/m0/s1. The fourth-order valence-corrected chi connectivity index (χ4v) is 2.85. The summed E-state index contributed by atoms with van der Waals surface area (Å²) in [5, 5.41) is 4.12. The second-order valence-corrected chi connectivity index (χ2v) is 6.81. The van der Waals surface area contributed by atoms with Crippen LogP contribution >= 0.6 is 15.9 Å². The normalized spacial score (nSPS) is 17.8. The summed E-state index contributed by atoms with van der Waals surface area (Å²) in [7, 11) is 0. The predicted octanol–water partition coefficient (Wildman–Crippen LogP) is 3.56. The van der Waals surface area contributed by atoms with Gasteiger partial charge in [-0.2, -0.15) is 0 Å². The third-order valence-corrected chi connectivity index (χ3v) is 4.15. The van der Waals surface area contributed by atoms with E-state index in [2.05, 4.69) is 21.1 Å². The van der Waals surface area contributed by atoms with E-state index in [-0.39, 0.29) is 18.0 Å². The van der Waals surface area contributed by atoms with E-state index < -0.39 is 6.10 Å². The zero-order valence-corrected chi connectivity index (χ0v) is 16.5. The minimum Gasteiger partial charge on any atom is -0.478 e. The van der Waals surface area contributed by atoms with E-state index in [4.69, 9.17) is 19.0 Å². The van der Waals surface area contributed by atoms with Crippen molar-refractivity contribution < 1.29 is 23.8 Å². The number of halogens is 1. The molecular formula is C18H24BrNO5. The highest BCUT2D eigenvalue weighted by molar-refractivity contribution is 9.10. The van der Waals surface area contributed by atoms with E-state index in [1.807, 2.05) is 32.9 Å². The van der Waals surface area contributed by atoms with Crippen LogP contribution in [-0.4, -0.2) is 43.7 Å². The van der Waals surface area contributed by atoms with Gasteiger partial charge in [-0.05, 0) is 32.0 Å². The molecule has 6 nitrogen and oxygen atoms in total. The summed E-state index contributed by atoms with van der Waals surface area (Å²) in [6.07, 6.45) is -0.963. The summed E-state index contributed by atoms with van der Waals surface area (Å²) in [6, 6.07) is 5.54. The van der Waals surface area contributed by atoms with Gasteiger partial charge in [0.25, 0.3) is 0 Å². The van der Waals surface area contributed by atoms with Crippen molar-refractivity contribution in [1.29, 1.82) is 0 Å². The highest BCUT2D eigenvalue weighted by Gasteiger charge is 2.31. The van der Waals surface area contributed by atoms with E-state index in [0.29, 0.717) is 31.3 Å². The summed E-state index contributed by atoms with van der Waals surface area (Å²) >= 11 is 3.47. The van der Waals surface area contributed by atoms with Crippen LogP contribution in [0.25, 0.3) is 0 Å². The molecule has 0 aliphatic carbocycles. The minimum absolute atomic E-state index is 0.0417. The maximum atomic E-state index is 12.2. The zero-order valence-electron chi connectivity index (χ0n) is 15.0. The minimum atomic E-state index is -0.701. The second-order valence-electron chi connectivity index (χ2n) is 5.89. The van der Waals surface area contributed by atoms with Crippen LogP contribution in [0.4, 0.5) is 0 Å². The molecule has 1 unspecified atom stereocenters. The first-order valence-corrected chi connectivity index (χ1v) is 9.21. The van der Waals surface area contributed by atoms with Crippen molar-refractivity contribution in [2.24, 2.45) is 11.1 Å². The van der Waals surface area contributed by atoms with E-state index >= 15 is 0 Å². The number of carbonyl (C=O) groups is 1. The Morgan fingerprint density at radius 2 is 2.12 bits per heavy atom. The average Bonchev–Trinajstić information content (AvgIpc) is 3.02. The van der Waals surface area contributed by atoms with Gasteiger partial charge in [-0.1, -0.05) is 34.9 Å². The lowest BCUT2D eigenvalue weighted by atomic mass is 10.0. The van der Waals surface area contributed by atoms with Gasteiger partial charge in [0, 0.05) is 22.6 Å². The highest BCUT2D eigenvalue weighted by atomic mass is 79.9. The maximum absolute atomic E-state index is 12.2. The number of carbonyl (C=O) groups excluding carboxylic acids is 1. The van der Waals surface area contributed by atoms with Gasteiger partial charge in [-0.3, -0.25) is 0 Å². The smallest absolute Gasteiger partial charge is 0.347 e. The number of rotatable bonds is 8. The van der Waals surface area contributed by atoms with Crippen molar-refractivity contribution in [2.45, 2.75) is 39.9 Å². The molecule has 1 heterocycles. The summed E-state index contributed by atoms with van der Waals surface area (Å²) in [5.41, 5.74) is 1.39. The first-order chi connectivity index (χ1) is 12.0. The predicted molar refractivity (Wildman–Crippen MR) is 97.9 cm³/mol. The number of nitrogens with zero attached hydrogens (tertiary/aromatic N) is 1. The molecule has 0 saturated carbocycles. The number of benzene rings is 1. The molecule has 0 spiro atoms. The van der Waals surface area contributed by atoms with Crippen LogP contribution in [0.15, 0.2) is 27.8 Å². The largest absolute Gasteiger partial charge is 0.478 e. The highest BCUT2D eigenvalue weighted by Crippen LogP contribution is 2.29. The van der Waals surface area contributed by atoms with Crippen LogP contribution in [0.2, 0.25) is 0 Å². The zero-order chi connectivity index (χ0) is 18.4. The lowest BCUT2D eigenvalue weighted by Gasteiger charge is -2.23. The van der Waals surface area contributed by atoms with Crippen molar-refractivity contribution >= 4 is 27.6 Å². The Morgan fingerprint density at radius 3 is 2.76 bits per heavy atom. The van der Waals surface area contributed by atoms with E-state index in [1.165, 1.54) is 0 Å². The van der Waals surface area contributed by atoms with Gasteiger partial charge in [-0.25, -0.2) is 4.79 Å². The molecule has 0 fully saturated rings. The molecule has 1 aliphatic rings. The number of ether oxygens (including phenoxy) is 3. The van der Waals surface area contributed by atoms with Gasteiger partial charge < -0.3 is 19.0 Å². The summed E-state index contributed by atoms with van der Waals surface area (Å²) in [5.74, 6) is 0.126. The summed E-state index contributed by atoms with van der Waals surface area (Å²) < 4.78 is 17.7. The third-order valence-electron chi connectivity index (χ3n) is 3.66. The first-order valence-electron chi connectivity index (χ1n) is 8.42. The SMILES string of the molecule is CCOC(=O)[C@@H](Oc1ccc(Br)cc1C1=NOCC1OCC)C(C)C. The topological polar surface area (TPSA) is 66.4 Å².